The molecular formula is C20H29BO6. The van der Waals surface area contributed by atoms with E-state index in [0.717, 1.165) is 31.5 Å². The van der Waals surface area contributed by atoms with E-state index in [2.05, 4.69) is 0 Å². The molecular weight excluding hydrogens is 347 g/mol. The van der Waals surface area contributed by atoms with Gasteiger partial charge in [-0.25, -0.2) is 4.79 Å². The Labute approximate surface area is 161 Å². The van der Waals surface area contributed by atoms with E-state index in [1.165, 1.54) is 7.11 Å². The Morgan fingerprint density at radius 1 is 1.11 bits per heavy atom. The van der Waals surface area contributed by atoms with Crippen LogP contribution in [0, 0.1) is 5.92 Å². The quantitative estimate of drug-likeness (QED) is 0.582. The lowest BCUT2D eigenvalue weighted by molar-refractivity contribution is 0.00578. The summed E-state index contributed by atoms with van der Waals surface area (Å²) in [5, 5.41) is 0. The maximum absolute atomic E-state index is 12.1. The van der Waals surface area contributed by atoms with Gasteiger partial charge in [0, 0.05) is 13.2 Å². The Hall–Kier alpha value is -1.57. The van der Waals surface area contributed by atoms with Crippen molar-refractivity contribution in [3.05, 3.63) is 23.8 Å². The van der Waals surface area contributed by atoms with Gasteiger partial charge >= 0.3 is 13.1 Å². The van der Waals surface area contributed by atoms with Crippen LogP contribution < -0.4 is 10.2 Å². The monoisotopic (exact) mass is 376 g/mol. The molecule has 0 amide bonds. The molecule has 3 rings (SSSR count). The third kappa shape index (κ3) is 4.47. The summed E-state index contributed by atoms with van der Waals surface area (Å²) in [5.74, 6) is 0.666. The summed E-state index contributed by atoms with van der Waals surface area (Å²) in [5.41, 5.74) is 0.259. The highest BCUT2D eigenvalue weighted by Crippen LogP contribution is 2.36. The molecule has 2 fully saturated rings. The molecule has 0 aromatic heterocycles. The minimum atomic E-state index is -0.565. The summed E-state index contributed by atoms with van der Waals surface area (Å²) >= 11 is 0. The first-order valence-electron chi connectivity index (χ1n) is 9.51. The molecule has 2 aliphatic heterocycles. The summed E-state index contributed by atoms with van der Waals surface area (Å²) in [6, 6.07) is 5.34. The molecule has 0 saturated carbocycles. The molecule has 6 nitrogen and oxygen atoms in total. The first-order valence-corrected chi connectivity index (χ1v) is 9.51. The number of esters is 1. The van der Waals surface area contributed by atoms with Crippen molar-refractivity contribution in [3.8, 4) is 5.75 Å². The first kappa shape index (κ1) is 20.2. The molecule has 0 atom stereocenters. The normalized spacial score (nSPS) is 21.9. The van der Waals surface area contributed by atoms with E-state index in [1.807, 2.05) is 33.8 Å². The molecule has 0 aliphatic carbocycles. The Morgan fingerprint density at radius 3 is 2.33 bits per heavy atom. The lowest BCUT2D eigenvalue weighted by Crippen LogP contribution is -2.41. The average molecular weight is 376 g/mol. The molecule has 27 heavy (non-hydrogen) atoms. The number of hydrogen-bond donors (Lipinski definition) is 0. The average Bonchev–Trinajstić information content (AvgIpc) is 2.87. The lowest BCUT2D eigenvalue weighted by atomic mass is 9.78. The van der Waals surface area contributed by atoms with E-state index in [0.29, 0.717) is 23.8 Å². The van der Waals surface area contributed by atoms with Crippen LogP contribution >= 0.6 is 0 Å². The van der Waals surface area contributed by atoms with Gasteiger partial charge in [0.25, 0.3) is 0 Å². The van der Waals surface area contributed by atoms with Crippen molar-refractivity contribution in [2.24, 2.45) is 5.92 Å². The molecule has 0 bridgehead atoms. The topological polar surface area (TPSA) is 63.2 Å². The molecule has 148 valence electrons. The molecule has 2 saturated heterocycles. The fourth-order valence-electron chi connectivity index (χ4n) is 3.18. The van der Waals surface area contributed by atoms with Gasteiger partial charge in [-0.05, 0) is 70.1 Å². The Balaban J connectivity index is 1.81. The SMILES string of the molecule is COC(=O)c1cc(OCC2CCOCC2)cc(B2OC(C)(C)C(C)(C)O2)c1. The Kier molecular flexibility index (Phi) is 5.84. The van der Waals surface area contributed by atoms with Gasteiger partial charge in [0.1, 0.15) is 5.75 Å². The fraction of sp³-hybridized carbons (Fsp3) is 0.650. The van der Waals surface area contributed by atoms with E-state index in [9.17, 15) is 4.79 Å². The zero-order valence-corrected chi connectivity index (χ0v) is 16.9. The second-order valence-electron chi connectivity index (χ2n) is 8.24. The fourth-order valence-corrected chi connectivity index (χ4v) is 3.18. The standard InChI is InChI=1S/C20H29BO6/c1-19(2)20(3,4)27-21(26-19)16-10-15(18(22)23-5)11-17(12-16)25-13-14-6-8-24-9-7-14/h10-12,14H,6-9,13H2,1-5H3. The summed E-state index contributed by atoms with van der Waals surface area (Å²) in [6.45, 7) is 10.1. The number of benzene rings is 1. The van der Waals surface area contributed by atoms with E-state index in [4.69, 9.17) is 23.5 Å². The second kappa shape index (κ2) is 7.82. The van der Waals surface area contributed by atoms with Gasteiger partial charge in [-0.15, -0.1) is 0 Å². The molecule has 0 spiro atoms. The number of ether oxygens (including phenoxy) is 3. The highest BCUT2D eigenvalue weighted by molar-refractivity contribution is 6.62. The third-order valence-electron chi connectivity index (χ3n) is 5.70. The highest BCUT2D eigenvalue weighted by Gasteiger charge is 2.51. The van der Waals surface area contributed by atoms with Crippen molar-refractivity contribution in [3.63, 3.8) is 0 Å². The van der Waals surface area contributed by atoms with Crippen molar-refractivity contribution in [1.29, 1.82) is 0 Å². The van der Waals surface area contributed by atoms with Crippen LogP contribution in [0.5, 0.6) is 5.75 Å². The third-order valence-corrected chi connectivity index (χ3v) is 5.70. The van der Waals surface area contributed by atoms with Crippen LogP contribution in [-0.2, 0) is 18.8 Å². The molecule has 7 heteroatoms. The number of methoxy groups -OCH3 is 1. The summed E-state index contributed by atoms with van der Waals surface area (Å²) in [4.78, 5) is 12.1. The largest absolute Gasteiger partial charge is 0.494 e. The van der Waals surface area contributed by atoms with Crippen LogP contribution in [0.4, 0.5) is 0 Å². The Bertz CT molecular complexity index is 665. The minimum Gasteiger partial charge on any atom is -0.493 e. The van der Waals surface area contributed by atoms with Gasteiger partial charge < -0.3 is 23.5 Å². The number of carbonyl (C=O) groups excluding carboxylic acids is 1. The smallest absolute Gasteiger partial charge is 0.493 e. The zero-order valence-electron chi connectivity index (χ0n) is 16.9. The van der Waals surface area contributed by atoms with Crippen molar-refractivity contribution in [2.45, 2.75) is 51.7 Å². The molecule has 2 heterocycles. The summed E-state index contributed by atoms with van der Waals surface area (Å²) < 4.78 is 28.5. The van der Waals surface area contributed by atoms with E-state index in [-0.39, 0.29) is 0 Å². The van der Waals surface area contributed by atoms with Gasteiger partial charge in [-0.2, -0.15) is 0 Å². The minimum absolute atomic E-state index is 0.413. The zero-order chi connectivity index (χ0) is 19.7. The molecule has 2 aliphatic rings. The molecule has 0 unspecified atom stereocenters. The van der Waals surface area contributed by atoms with Crippen LogP contribution in [0.2, 0.25) is 0 Å². The van der Waals surface area contributed by atoms with Crippen LogP contribution in [0.3, 0.4) is 0 Å². The van der Waals surface area contributed by atoms with Crippen LogP contribution in [0.15, 0.2) is 18.2 Å². The second-order valence-corrected chi connectivity index (χ2v) is 8.24. The van der Waals surface area contributed by atoms with Gasteiger partial charge in [-0.3, -0.25) is 0 Å². The Morgan fingerprint density at radius 2 is 1.74 bits per heavy atom. The molecule has 0 radical (unpaired) electrons. The number of hydrogen-bond acceptors (Lipinski definition) is 6. The first-order chi connectivity index (χ1) is 12.7. The highest BCUT2D eigenvalue weighted by atomic mass is 16.7. The van der Waals surface area contributed by atoms with E-state index >= 15 is 0 Å². The van der Waals surface area contributed by atoms with Crippen LogP contribution in [-0.4, -0.2) is 51.2 Å². The van der Waals surface area contributed by atoms with Crippen LogP contribution in [0.25, 0.3) is 0 Å². The number of rotatable bonds is 5. The van der Waals surface area contributed by atoms with Crippen molar-refractivity contribution >= 4 is 18.6 Å². The predicted molar refractivity (Wildman–Crippen MR) is 103 cm³/mol. The molecule has 1 aromatic carbocycles. The van der Waals surface area contributed by atoms with Gasteiger partial charge in [-0.1, -0.05) is 0 Å². The van der Waals surface area contributed by atoms with Gasteiger partial charge in [0.05, 0.1) is 30.5 Å². The van der Waals surface area contributed by atoms with Crippen molar-refractivity contribution in [1.82, 2.24) is 0 Å². The van der Waals surface area contributed by atoms with Gasteiger partial charge in [0.2, 0.25) is 0 Å². The predicted octanol–water partition coefficient (Wildman–Crippen LogP) is 2.58. The maximum Gasteiger partial charge on any atom is 0.494 e. The summed E-state index contributed by atoms with van der Waals surface area (Å²) in [6.07, 6.45) is 1.97. The number of carbonyl (C=O) groups is 1. The summed E-state index contributed by atoms with van der Waals surface area (Å²) in [7, 11) is 0.803. The maximum atomic E-state index is 12.1. The van der Waals surface area contributed by atoms with Crippen molar-refractivity contribution in [2.75, 3.05) is 26.9 Å². The van der Waals surface area contributed by atoms with Gasteiger partial charge in [0.15, 0.2) is 0 Å². The van der Waals surface area contributed by atoms with E-state index < -0.39 is 24.3 Å². The van der Waals surface area contributed by atoms with Crippen molar-refractivity contribution < 1.29 is 28.3 Å². The van der Waals surface area contributed by atoms with Crippen LogP contribution in [0.1, 0.15) is 50.9 Å². The lowest BCUT2D eigenvalue weighted by Gasteiger charge is -2.32. The molecule has 1 aromatic rings. The van der Waals surface area contributed by atoms with E-state index in [1.54, 1.807) is 12.1 Å². The molecule has 0 N–H and O–H groups in total.